The Morgan fingerprint density at radius 2 is 1.80 bits per heavy atom. The van der Waals surface area contributed by atoms with Crippen LogP contribution in [0.15, 0.2) is 73.1 Å². The Hall–Kier alpha value is -3.87. The Morgan fingerprint density at radius 1 is 1.03 bits per heavy atom. The molecule has 0 fully saturated rings. The van der Waals surface area contributed by atoms with E-state index < -0.39 is 0 Å². The summed E-state index contributed by atoms with van der Waals surface area (Å²) in [6.07, 6.45) is 5.07. The topological polar surface area (TPSA) is 72.7 Å². The second-order valence-corrected chi connectivity index (χ2v) is 7.17. The summed E-state index contributed by atoms with van der Waals surface area (Å²) in [6, 6.07) is 17.6. The van der Waals surface area contributed by atoms with Crippen LogP contribution in [0.1, 0.15) is 34.1 Å². The minimum absolute atomic E-state index is 0.0602. The van der Waals surface area contributed by atoms with Gasteiger partial charge in [-0.25, -0.2) is 9.07 Å². The molecule has 1 amide bonds. The minimum atomic E-state index is -0.345. The first-order valence-corrected chi connectivity index (χ1v) is 9.71. The van der Waals surface area contributed by atoms with Crippen LogP contribution >= 0.6 is 0 Å². The maximum absolute atomic E-state index is 13.4. The quantitative estimate of drug-likeness (QED) is 0.565. The van der Waals surface area contributed by atoms with E-state index in [2.05, 4.69) is 26.7 Å². The van der Waals surface area contributed by atoms with Gasteiger partial charge in [0.05, 0.1) is 11.7 Å². The molecule has 2 aromatic carbocycles. The van der Waals surface area contributed by atoms with Gasteiger partial charge in [-0.1, -0.05) is 29.5 Å². The first kappa shape index (κ1) is 18.2. The molecule has 0 spiro atoms. The number of nitrogens with one attached hydrogen (secondary N) is 1. The summed E-state index contributed by atoms with van der Waals surface area (Å²) in [5.74, 6) is -0.640. The number of rotatable bonds is 4. The second-order valence-electron chi connectivity index (χ2n) is 7.17. The van der Waals surface area contributed by atoms with Crippen LogP contribution in [0.3, 0.4) is 0 Å². The molecule has 4 aromatic rings. The van der Waals surface area contributed by atoms with Crippen LogP contribution in [0.4, 0.5) is 4.39 Å². The van der Waals surface area contributed by atoms with Gasteiger partial charge in [0.15, 0.2) is 5.69 Å². The number of hydrogen-bond donors (Lipinski definition) is 1. The van der Waals surface area contributed by atoms with Crippen LogP contribution in [0.25, 0.3) is 16.9 Å². The summed E-state index contributed by atoms with van der Waals surface area (Å²) in [4.78, 5) is 17.3. The zero-order chi connectivity index (χ0) is 20.5. The highest BCUT2D eigenvalue weighted by molar-refractivity contribution is 5.98. The van der Waals surface area contributed by atoms with Crippen LogP contribution in [0.5, 0.6) is 0 Å². The monoisotopic (exact) mass is 399 g/mol. The van der Waals surface area contributed by atoms with Crippen molar-refractivity contribution < 1.29 is 9.18 Å². The van der Waals surface area contributed by atoms with Gasteiger partial charge in [0, 0.05) is 18.0 Å². The standard InChI is InChI=1S/C23H18FN5O/c24-17-6-8-18(9-7-17)29-22(16-11-13-25-14-12-16)21(27-28-29)23(30)26-20-10-5-15-3-1-2-4-19(15)20/h1-4,6-9,11-14,20H,5,10H2,(H,26,30). The molecule has 5 rings (SSSR count). The number of halogens is 1. The Morgan fingerprint density at radius 3 is 2.60 bits per heavy atom. The number of aryl methyl sites for hydroxylation is 1. The summed E-state index contributed by atoms with van der Waals surface area (Å²) in [5.41, 5.74) is 4.51. The molecular weight excluding hydrogens is 381 g/mol. The van der Waals surface area contributed by atoms with E-state index in [0.717, 1.165) is 24.0 Å². The zero-order valence-electron chi connectivity index (χ0n) is 16.0. The highest BCUT2D eigenvalue weighted by Crippen LogP contribution is 2.32. The molecule has 0 radical (unpaired) electrons. The van der Waals surface area contributed by atoms with Gasteiger partial charge in [-0.05, 0) is 60.4 Å². The molecule has 148 valence electrons. The molecule has 1 aliphatic carbocycles. The smallest absolute Gasteiger partial charge is 0.274 e. The lowest BCUT2D eigenvalue weighted by Crippen LogP contribution is -2.28. The number of carbonyl (C=O) groups is 1. The molecule has 0 saturated carbocycles. The molecular formula is C23H18FN5O. The molecule has 7 heteroatoms. The molecule has 1 N–H and O–H groups in total. The maximum atomic E-state index is 13.4. The number of benzene rings is 2. The average molecular weight is 399 g/mol. The van der Waals surface area contributed by atoms with Gasteiger partial charge in [0.25, 0.3) is 5.91 Å². The molecule has 1 atom stereocenters. The third-order valence-corrected chi connectivity index (χ3v) is 5.35. The van der Waals surface area contributed by atoms with E-state index >= 15 is 0 Å². The molecule has 1 aliphatic rings. The number of carbonyl (C=O) groups excluding carboxylic acids is 1. The predicted octanol–water partition coefficient (Wildman–Crippen LogP) is 3.89. The SMILES string of the molecule is O=C(NC1CCc2ccccc21)c1nnn(-c2ccc(F)cc2)c1-c1ccncc1. The molecule has 0 saturated heterocycles. The van der Waals surface area contributed by atoms with Gasteiger partial charge in [-0.15, -0.1) is 5.10 Å². The normalized spacial score (nSPS) is 15.0. The van der Waals surface area contributed by atoms with Gasteiger partial charge in [0.2, 0.25) is 0 Å². The van der Waals surface area contributed by atoms with Crippen LogP contribution in [0, 0.1) is 5.82 Å². The first-order chi connectivity index (χ1) is 14.7. The fourth-order valence-electron chi connectivity index (χ4n) is 3.90. The van der Waals surface area contributed by atoms with Crippen LogP contribution < -0.4 is 5.32 Å². The van der Waals surface area contributed by atoms with Gasteiger partial charge < -0.3 is 5.32 Å². The lowest BCUT2D eigenvalue weighted by atomic mass is 10.1. The minimum Gasteiger partial charge on any atom is -0.344 e. The van der Waals surface area contributed by atoms with E-state index in [9.17, 15) is 9.18 Å². The van der Waals surface area contributed by atoms with Crippen LogP contribution in [0.2, 0.25) is 0 Å². The predicted molar refractivity (Wildman–Crippen MR) is 110 cm³/mol. The summed E-state index contributed by atoms with van der Waals surface area (Å²) in [7, 11) is 0. The summed E-state index contributed by atoms with van der Waals surface area (Å²) >= 11 is 0. The molecule has 1 unspecified atom stereocenters. The lowest BCUT2D eigenvalue weighted by molar-refractivity contribution is 0.0932. The zero-order valence-corrected chi connectivity index (χ0v) is 16.0. The van der Waals surface area contributed by atoms with E-state index in [1.54, 1.807) is 41.3 Å². The van der Waals surface area contributed by atoms with E-state index in [-0.39, 0.29) is 23.5 Å². The van der Waals surface area contributed by atoms with Crippen molar-refractivity contribution in [1.82, 2.24) is 25.3 Å². The van der Waals surface area contributed by atoms with Crippen molar-refractivity contribution in [2.24, 2.45) is 0 Å². The highest BCUT2D eigenvalue weighted by atomic mass is 19.1. The molecule has 2 heterocycles. The Kier molecular flexibility index (Phi) is 4.55. The number of nitrogens with zero attached hydrogens (tertiary/aromatic N) is 4. The number of fused-ring (bicyclic) bond motifs is 1. The fraction of sp³-hybridized carbons (Fsp3) is 0.130. The van der Waals surface area contributed by atoms with Crippen molar-refractivity contribution in [3.63, 3.8) is 0 Å². The average Bonchev–Trinajstić information content (AvgIpc) is 3.40. The maximum Gasteiger partial charge on any atom is 0.274 e. The van der Waals surface area contributed by atoms with Crippen molar-refractivity contribution >= 4 is 5.91 Å². The number of pyridine rings is 1. The van der Waals surface area contributed by atoms with Gasteiger partial charge >= 0.3 is 0 Å². The molecule has 0 aliphatic heterocycles. The summed E-state index contributed by atoms with van der Waals surface area (Å²) < 4.78 is 14.9. The van der Waals surface area contributed by atoms with Gasteiger partial charge in [-0.3, -0.25) is 9.78 Å². The van der Waals surface area contributed by atoms with E-state index in [1.165, 1.54) is 17.7 Å². The van der Waals surface area contributed by atoms with Crippen molar-refractivity contribution in [1.29, 1.82) is 0 Å². The third kappa shape index (κ3) is 3.24. The van der Waals surface area contributed by atoms with Crippen molar-refractivity contribution in [3.8, 4) is 16.9 Å². The molecule has 30 heavy (non-hydrogen) atoms. The number of hydrogen-bond acceptors (Lipinski definition) is 4. The summed E-state index contributed by atoms with van der Waals surface area (Å²) in [6.45, 7) is 0. The Labute approximate surface area is 172 Å². The largest absolute Gasteiger partial charge is 0.344 e. The van der Waals surface area contributed by atoms with E-state index in [1.807, 2.05) is 18.2 Å². The van der Waals surface area contributed by atoms with Crippen LogP contribution in [-0.4, -0.2) is 25.9 Å². The Balaban J connectivity index is 1.54. The first-order valence-electron chi connectivity index (χ1n) is 9.71. The third-order valence-electron chi connectivity index (χ3n) is 5.35. The Bertz CT molecular complexity index is 1200. The van der Waals surface area contributed by atoms with Gasteiger partial charge in [0.1, 0.15) is 11.5 Å². The van der Waals surface area contributed by atoms with Crippen LogP contribution in [-0.2, 0) is 6.42 Å². The fourth-order valence-corrected chi connectivity index (χ4v) is 3.90. The molecule has 6 nitrogen and oxygen atoms in total. The second kappa shape index (κ2) is 7.51. The highest BCUT2D eigenvalue weighted by Gasteiger charge is 2.28. The number of amides is 1. The number of aromatic nitrogens is 4. The van der Waals surface area contributed by atoms with Gasteiger partial charge in [-0.2, -0.15) is 0 Å². The van der Waals surface area contributed by atoms with Crippen molar-refractivity contribution in [2.45, 2.75) is 18.9 Å². The van der Waals surface area contributed by atoms with E-state index in [0.29, 0.717) is 11.4 Å². The van der Waals surface area contributed by atoms with Crippen molar-refractivity contribution in [2.75, 3.05) is 0 Å². The lowest BCUT2D eigenvalue weighted by Gasteiger charge is -2.14. The molecule has 2 aromatic heterocycles. The molecule has 0 bridgehead atoms. The van der Waals surface area contributed by atoms with E-state index in [4.69, 9.17) is 0 Å². The summed E-state index contributed by atoms with van der Waals surface area (Å²) in [5, 5.41) is 11.5. The van der Waals surface area contributed by atoms with Crippen molar-refractivity contribution in [3.05, 3.63) is 95.7 Å².